The van der Waals surface area contributed by atoms with E-state index in [1.54, 1.807) is 0 Å². The highest BCUT2D eigenvalue weighted by molar-refractivity contribution is 5.80. The smallest absolute Gasteiger partial charge is 0.249 e. The Labute approximate surface area is 148 Å². The number of para-hydroxylation sites is 2. The molecule has 5 heteroatoms. The van der Waals surface area contributed by atoms with Crippen LogP contribution in [0.2, 0.25) is 0 Å². The van der Waals surface area contributed by atoms with Crippen LogP contribution < -0.4 is 5.32 Å². The monoisotopic (exact) mass is 339 g/mol. The molecule has 1 aromatic carbocycles. The molecule has 1 aliphatic heterocycles. The van der Waals surface area contributed by atoms with Gasteiger partial charge in [0.15, 0.2) is 0 Å². The normalized spacial score (nSPS) is 16.8. The van der Waals surface area contributed by atoms with Crippen molar-refractivity contribution in [3.05, 3.63) is 30.1 Å². The summed E-state index contributed by atoms with van der Waals surface area (Å²) in [5.74, 6) is 3.80. The van der Waals surface area contributed by atoms with Crippen LogP contribution in [0.5, 0.6) is 0 Å². The zero-order valence-corrected chi connectivity index (χ0v) is 14.5. The van der Waals surface area contributed by atoms with Crippen LogP contribution in [0.4, 0.5) is 0 Å². The topological polar surface area (TPSA) is 56.2 Å². The van der Waals surface area contributed by atoms with Crippen molar-refractivity contribution >= 4 is 16.9 Å². The molecule has 0 aliphatic carbocycles. The molecule has 1 saturated heterocycles. The van der Waals surface area contributed by atoms with E-state index in [2.05, 4.69) is 21.9 Å². The van der Waals surface area contributed by atoms with Gasteiger partial charge in [0, 0.05) is 19.6 Å². The molecule has 2 heterocycles. The molecule has 25 heavy (non-hydrogen) atoms. The maximum atomic E-state index is 11.8. The van der Waals surface area contributed by atoms with Gasteiger partial charge in [-0.25, -0.2) is 4.98 Å². The molecular weight excluding hydrogens is 314 g/mol. The maximum Gasteiger partial charge on any atom is 0.249 e. The van der Waals surface area contributed by atoms with Gasteiger partial charge in [-0.05, 0) is 37.8 Å². The number of hydrogen-bond donors (Lipinski definition) is 1. The lowest BCUT2D eigenvalue weighted by molar-refractivity contribution is -0.130. The van der Waals surface area contributed by atoms with E-state index in [9.17, 15) is 4.79 Å². The first-order chi connectivity index (χ1) is 12.3. The van der Waals surface area contributed by atoms with Crippen LogP contribution in [0, 0.1) is 12.3 Å². The number of fused-ring (bicyclic) bond motifs is 1. The summed E-state index contributed by atoms with van der Waals surface area (Å²) >= 11 is 0. The molecule has 0 radical (unpaired) electrons. The Morgan fingerprint density at radius 1 is 1.36 bits per heavy atom. The molecular formula is C20H25N3O2. The van der Waals surface area contributed by atoms with Crippen molar-refractivity contribution < 1.29 is 9.53 Å². The number of terminal acetylenes is 1. The minimum absolute atomic E-state index is 0.0355. The van der Waals surface area contributed by atoms with Crippen LogP contribution in [-0.4, -0.2) is 34.7 Å². The Kier molecular flexibility index (Phi) is 6.08. The van der Waals surface area contributed by atoms with E-state index in [-0.39, 0.29) is 12.0 Å². The molecule has 0 saturated carbocycles. The van der Waals surface area contributed by atoms with E-state index in [0.29, 0.717) is 19.7 Å². The van der Waals surface area contributed by atoms with Crippen LogP contribution in [-0.2, 0) is 22.5 Å². The first-order valence-corrected chi connectivity index (χ1v) is 9.06. The highest BCUT2D eigenvalue weighted by Crippen LogP contribution is 2.17. The predicted molar refractivity (Wildman–Crippen MR) is 98.1 cm³/mol. The van der Waals surface area contributed by atoms with E-state index >= 15 is 0 Å². The lowest BCUT2D eigenvalue weighted by Gasteiger charge is -2.10. The SMILES string of the molecule is C#CCn1c(CCCCCNC(=O)C2CCCO2)nc2ccccc21. The second-order valence-corrected chi connectivity index (χ2v) is 6.41. The number of aromatic nitrogens is 2. The number of benzene rings is 1. The number of amides is 1. The molecule has 1 amide bonds. The number of aryl methyl sites for hydroxylation is 1. The third kappa shape index (κ3) is 4.40. The molecule has 1 fully saturated rings. The minimum atomic E-state index is -0.233. The summed E-state index contributed by atoms with van der Waals surface area (Å²) in [6.45, 7) is 1.96. The number of hydrogen-bond acceptors (Lipinski definition) is 3. The predicted octanol–water partition coefficient (Wildman–Crippen LogP) is 2.68. The van der Waals surface area contributed by atoms with E-state index in [0.717, 1.165) is 55.4 Å². The van der Waals surface area contributed by atoms with Gasteiger partial charge >= 0.3 is 0 Å². The fourth-order valence-corrected chi connectivity index (χ4v) is 3.28. The van der Waals surface area contributed by atoms with Crippen LogP contribution in [0.25, 0.3) is 11.0 Å². The number of carbonyl (C=O) groups excluding carboxylic acids is 1. The van der Waals surface area contributed by atoms with Gasteiger partial charge in [0.1, 0.15) is 11.9 Å². The van der Waals surface area contributed by atoms with Gasteiger partial charge in [-0.2, -0.15) is 0 Å². The molecule has 1 unspecified atom stereocenters. The Bertz CT molecular complexity index is 754. The van der Waals surface area contributed by atoms with Crippen LogP contribution >= 0.6 is 0 Å². The molecule has 2 aromatic rings. The number of nitrogens with zero attached hydrogens (tertiary/aromatic N) is 2. The van der Waals surface area contributed by atoms with Crippen molar-refractivity contribution in [3.63, 3.8) is 0 Å². The summed E-state index contributed by atoms with van der Waals surface area (Å²) in [5.41, 5.74) is 2.09. The van der Waals surface area contributed by atoms with Crippen molar-refractivity contribution in [2.24, 2.45) is 0 Å². The first-order valence-electron chi connectivity index (χ1n) is 9.06. The maximum absolute atomic E-state index is 11.8. The number of unbranched alkanes of at least 4 members (excludes halogenated alkanes) is 2. The lowest BCUT2D eigenvalue weighted by atomic mass is 10.2. The molecule has 1 aliphatic rings. The molecule has 0 bridgehead atoms. The van der Waals surface area contributed by atoms with Crippen LogP contribution in [0.15, 0.2) is 24.3 Å². The average Bonchev–Trinajstić information content (AvgIpc) is 3.27. The van der Waals surface area contributed by atoms with E-state index in [4.69, 9.17) is 16.1 Å². The van der Waals surface area contributed by atoms with Crippen LogP contribution in [0.3, 0.4) is 0 Å². The van der Waals surface area contributed by atoms with Crippen molar-refractivity contribution in [1.82, 2.24) is 14.9 Å². The summed E-state index contributed by atoms with van der Waals surface area (Å²) in [4.78, 5) is 16.6. The second-order valence-electron chi connectivity index (χ2n) is 6.41. The van der Waals surface area contributed by atoms with Gasteiger partial charge in [0.2, 0.25) is 5.91 Å². The lowest BCUT2D eigenvalue weighted by Crippen LogP contribution is -2.34. The van der Waals surface area contributed by atoms with Crippen molar-refractivity contribution in [2.75, 3.05) is 13.2 Å². The fraction of sp³-hybridized carbons (Fsp3) is 0.500. The minimum Gasteiger partial charge on any atom is -0.368 e. The number of imidazole rings is 1. The highest BCUT2D eigenvalue weighted by Gasteiger charge is 2.22. The van der Waals surface area contributed by atoms with E-state index in [1.165, 1.54) is 0 Å². The molecule has 1 N–H and O–H groups in total. The molecule has 5 nitrogen and oxygen atoms in total. The number of rotatable bonds is 8. The third-order valence-corrected chi connectivity index (χ3v) is 4.58. The Morgan fingerprint density at radius 3 is 3.04 bits per heavy atom. The third-order valence-electron chi connectivity index (χ3n) is 4.58. The van der Waals surface area contributed by atoms with E-state index in [1.807, 2.05) is 18.2 Å². The van der Waals surface area contributed by atoms with Gasteiger partial charge < -0.3 is 14.6 Å². The van der Waals surface area contributed by atoms with Gasteiger partial charge in [-0.1, -0.05) is 24.5 Å². The summed E-state index contributed by atoms with van der Waals surface area (Å²) in [6.07, 6.45) is 11.0. The Balaban J connectivity index is 1.43. The number of ether oxygens (including phenoxy) is 1. The van der Waals surface area contributed by atoms with Gasteiger partial charge in [0.05, 0.1) is 17.6 Å². The number of carbonyl (C=O) groups is 1. The van der Waals surface area contributed by atoms with E-state index < -0.39 is 0 Å². The second kappa shape index (κ2) is 8.68. The van der Waals surface area contributed by atoms with Crippen molar-refractivity contribution in [3.8, 4) is 12.3 Å². The molecule has 1 atom stereocenters. The highest BCUT2D eigenvalue weighted by atomic mass is 16.5. The summed E-state index contributed by atoms with van der Waals surface area (Å²) in [7, 11) is 0. The number of nitrogens with one attached hydrogen (secondary N) is 1. The van der Waals surface area contributed by atoms with Crippen LogP contribution in [0.1, 0.15) is 37.9 Å². The zero-order chi connectivity index (χ0) is 17.5. The standard InChI is InChI=1S/C20H25N3O2/c1-2-14-23-17-10-6-5-9-16(17)22-19(23)12-4-3-7-13-21-20(24)18-11-8-15-25-18/h1,5-6,9-10,18H,3-4,7-8,11-15H2,(H,21,24). The Morgan fingerprint density at radius 2 is 2.24 bits per heavy atom. The molecule has 3 rings (SSSR count). The first kappa shape index (κ1) is 17.5. The Hall–Kier alpha value is -2.32. The van der Waals surface area contributed by atoms with Gasteiger partial charge in [-0.15, -0.1) is 6.42 Å². The summed E-state index contributed by atoms with van der Waals surface area (Å²) in [6, 6.07) is 8.09. The quantitative estimate of drug-likeness (QED) is 0.594. The largest absolute Gasteiger partial charge is 0.368 e. The van der Waals surface area contributed by atoms with Crippen molar-refractivity contribution in [2.45, 2.75) is 51.2 Å². The van der Waals surface area contributed by atoms with Gasteiger partial charge in [0.25, 0.3) is 0 Å². The fourth-order valence-electron chi connectivity index (χ4n) is 3.28. The zero-order valence-electron chi connectivity index (χ0n) is 14.5. The summed E-state index contributed by atoms with van der Waals surface area (Å²) < 4.78 is 7.50. The van der Waals surface area contributed by atoms with Gasteiger partial charge in [-0.3, -0.25) is 4.79 Å². The summed E-state index contributed by atoms with van der Waals surface area (Å²) in [5, 5.41) is 2.97. The average molecular weight is 339 g/mol. The molecule has 1 aromatic heterocycles. The molecule has 0 spiro atoms. The van der Waals surface area contributed by atoms with Crippen molar-refractivity contribution in [1.29, 1.82) is 0 Å². The molecule has 132 valence electrons.